The number of hydrogen-bond donors (Lipinski definition) is 1. The molecule has 1 aromatic carbocycles. The molecule has 1 fully saturated rings. The second-order valence-corrected chi connectivity index (χ2v) is 6.22. The highest BCUT2D eigenvalue weighted by Gasteiger charge is 2.19. The Balaban J connectivity index is 2.10. The van der Waals surface area contributed by atoms with Crippen LogP contribution in [-0.2, 0) is 6.42 Å². The van der Waals surface area contributed by atoms with E-state index >= 15 is 0 Å². The predicted octanol–water partition coefficient (Wildman–Crippen LogP) is 2.76. The molecular formula is C16H26ClN3. The Morgan fingerprint density at radius 3 is 2.55 bits per heavy atom. The molecule has 2 N–H and O–H groups in total. The Kier molecular flexibility index (Phi) is 5.70. The van der Waals surface area contributed by atoms with E-state index in [2.05, 4.69) is 35.8 Å². The van der Waals surface area contributed by atoms with Gasteiger partial charge in [0.25, 0.3) is 0 Å². The summed E-state index contributed by atoms with van der Waals surface area (Å²) in [4.78, 5) is 4.99. The van der Waals surface area contributed by atoms with E-state index in [4.69, 9.17) is 17.3 Å². The molecular weight excluding hydrogens is 270 g/mol. The van der Waals surface area contributed by atoms with Crippen LogP contribution >= 0.6 is 11.6 Å². The van der Waals surface area contributed by atoms with Gasteiger partial charge in [-0.25, -0.2) is 0 Å². The zero-order valence-corrected chi connectivity index (χ0v) is 13.4. The van der Waals surface area contributed by atoms with Gasteiger partial charge in [-0.15, -0.1) is 0 Å². The van der Waals surface area contributed by atoms with Crippen molar-refractivity contribution in [2.75, 3.05) is 37.6 Å². The van der Waals surface area contributed by atoms with Gasteiger partial charge in [0.1, 0.15) is 0 Å². The number of piperazine rings is 1. The summed E-state index contributed by atoms with van der Waals surface area (Å²) in [6.07, 6.45) is 2.13. The molecule has 0 amide bonds. The molecule has 1 unspecified atom stereocenters. The fourth-order valence-electron chi connectivity index (χ4n) is 2.88. The van der Waals surface area contributed by atoms with Crippen LogP contribution in [0.1, 0.15) is 25.8 Å². The van der Waals surface area contributed by atoms with E-state index in [1.807, 2.05) is 6.07 Å². The highest BCUT2D eigenvalue weighted by atomic mass is 35.5. The van der Waals surface area contributed by atoms with Crippen LogP contribution in [0.2, 0.25) is 5.02 Å². The smallest absolute Gasteiger partial charge is 0.0426 e. The van der Waals surface area contributed by atoms with Crippen LogP contribution in [0.15, 0.2) is 18.2 Å². The first kappa shape index (κ1) is 15.6. The lowest BCUT2D eigenvalue weighted by Crippen LogP contribution is -2.46. The molecule has 0 radical (unpaired) electrons. The van der Waals surface area contributed by atoms with Gasteiger partial charge in [-0.1, -0.05) is 24.6 Å². The molecule has 0 aromatic heterocycles. The van der Waals surface area contributed by atoms with Crippen molar-refractivity contribution in [1.29, 1.82) is 0 Å². The van der Waals surface area contributed by atoms with Gasteiger partial charge < -0.3 is 10.6 Å². The summed E-state index contributed by atoms with van der Waals surface area (Å²) < 4.78 is 0. The van der Waals surface area contributed by atoms with Gasteiger partial charge in [0.15, 0.2) is 0 Å². The summed E-state index contributed by atoms with van der Waals surface area (Å²) in [7, 11) is 0. The van der Waals surface area contributed by atoms with Crippen LogP contribution in [-0.4, -0.2) is 43.7 Å². The Bertz CT molecular complexity index is 426. The van der Waals surface area contributed by atoms with Crippen molar-refractivity contribution in [2.24, 2.45) is 5.73 Å². The monoisotopic (exact) mass is 295 g/mol. The van der Waals surface area contributed by atoms with Crippen LogP contribution in [0.5, 0.6) is 0 Å². The van der Waals surface area contributed by atoms with Crippen LogP contribution in [0, 0.1) is 0 Å². The van der Waals surface area contributed by atoms with E-state index in [0.717, 1.165) is 37.6 Å². The van der Waals surface area contributed by atoms with E-state index in [1.165, 1.54) is 24.2 Å². The van der Waals surface area contributed by atoms with Crippen LogP contribution in [0.4, 0.5) is 5.69 Å². The molecule has 0 saturated carbocycles. The molecule has 1 aliphatic rings. The standard InChI is InChI=1S/C16H26ClN3/c1-3-6-19-7-9-20(10-8-19)16-12-15(17)5-4-14(16)11-13(2)18/h4-5,12-13H,3,6-11,18H2,1-2H3. The SMILES string of the molecule is CCCN1CCN(c2cc(Cl)ccc2CC(C)N)CC1. The summed E-state index contributed by atoms with van der Waals surface area (Å²) in [5, 5.41) is 0.810. The molecule has 0 bridgehead atoms. The van der Waals surface area contributed by atoms with Gasteiger partial charge in [-0.2, -0.15) is 0 Å². The Labute approximate surface area is 127 Å². The minimum Gasteiger partial charge on any atom is -0.369 e. The third kappa shape index (κ3) is 4.11. The fraction of sp³-hybridized carbons (Fsp3) is 0.625. The number of nitrogens with zero attached hydrogens (tertiary/aromatic N) is 2. The number of benzene rings is 1. The predicted molar refractivity (Wildman–Crippen MR) is 87.7 cm³/mol. The molecule has 1 aromatic rings. The molecule has 0 aliphatic carbocycles. The van der Waals surface area contributed by atoms with Crippen LogP contribution < -0.4 is 10.6 Å². The Morgan fingerprint density at radius 1 is 1.25 bits per heavy atom. The Hall–Kier alpha value is -0.770. The molecule has 1 atom stereocenters. The second-order valence-electron chi connectivity index (χ2n) is 5.78. The maximum absolute atomic E-state index is 6.18. The van der Waals surface area contributed by atoms with E-state index in [-0.39, 0.29) is 6.04 Å². The molecule has 3 nitrogen and oxygen atoms in total. The molecule has 1 heterocycles. The summed E-state index contributed by atoms with van der Waals surface area (Å²) in [5.41, 5.74) is 8.55. The fourth-order valence-corrected chi connectivity index (χ4v) is 3.05. The number of hydrogen-bond acceptors (Lipinski definition) is 3. The third-order valence-electron chi connectivity index (χ3n) is 3.84. The van der Waals surface area contributed by atoms with Crippen LogP contribution in [0.3, 0.4) is 0 Å². The minimum atomic E-state index is 0.177. The molecule has 1 saturated heterocycles. The van der Waals surface area contributed by atoms with Gasteiger partial charge >= 0.3 is 0 Å². The summed E-state index contributed by atoms with van der Waals surface area (Å²) >= 11 is 6.18. The van der Waals surface area contributed by atoms with Crippen LogP contribution in [0.25, 0.3) is 0 Å². The van der Waals surface area contributed by atoms with Crippen molar-refractivity contribution in [1.82, 2.24) is 4.90 Å². The summed E-state index contributed by atoms with van der Waals surface area (Å²) in [6, 6.07) is 6.36. The number of halogens is 1. The molecule has 112 valence electrons. The summed E-state index contributed by atoms with van der Waals surface area (Å²) in [6.45, 7) is 9.92. The quantitative estimate of drug-likeness (QED) is 0.907. The normalized spacial score (nSPS) is 18.3. The van der Waals surface area contributed by atoms with Crippen molar-refractivity contribution in [3.05, 3.63) is 28.8 Å². The highest BCUT2D eigenvalue weighted by molar-refractivity contribution is 6.30. The van der Waals surface area contributed by atoms with Crippen molar-refractivity contribution in [2.45, 2.75) is 32.7 Å². The highest BCUT2D eigenvalue weighted by Crippen LogP contribution is 2.27. The van der Waals surface area contributed by atoms with Gasteiger partial charge in [0.2, 0.25) is 0 Å². The van der Waals surface area contributed by atoms with Crippen molar-refractivity contribution < 1.29 is 0 Å². The number of rotatable bonds is 5. The second kappa shape index (κ2) is 7.30. The number of anilines is 1. The molecule has 20 heavy (non-hydrogen) atoms. The number of nitrogens with two attached hydrogens (primary N) is 1. The van der Waals surface area contributed by atoms with E-state index in [9.17, 15) is 0 Å². The lowest BCUT2D eigenvalue weighted by atomic mass is 10.0. The van der Waals surface area contributed by atoms with Gasteiger partial charge in [0.05, 0.1) is 0 Å². The van der Waals surface area contributed by atoms with Gasteiger partial charge in [-0.3, -0.25) is 4.90 Å². The molecule has 2 rings (SSSR count). The van der Waals surface area contributed by atoms with Crippen molar-refractivity contribution in [3.63, 3.8) is 0 Å². The van der Waals surface area contributed by atoms with E-state index < -0.39 is 0 Å². The van der Waals surface area contributed by atoms with Crippen molar-refractivity contribution in [3.8, 4) is 0 Å². The third-order valence-corrected chi connectivity index (χ3v) is 4.08. The lowest BCUT2D eigenvalue weighted by Gasteiger charge is -2.37. The van der Waals surface area contributed by atoms with E-state index in [0.29, 0.717) is 0 Å². The molecule has 4 heteroatoms. The molecule has 0 spiro atoms. The lowest BCUT2D eigenvalue weighted by molar-refractivity contribution is 0.258. The zero-order chi connectivity index (χ0) is 14.5. The van der Waals surface area contributed by atoms with Gasteiger partial charge in [0, 0.05) is 42.9 Å². The topological polar surface area (TPSA) is 32.5 Å². The minimum absolute atomic E-state index is 0.177. The molecule has 1 aliphatic heterocycles. The largest absolute Gasteiger partial charge is 0.369 e. The average Bonchev–Trinajstić information content (AvgIpc) is 2.42. The maximum Gasteiger partial charge on any atom is 0.0426 e. The first-order chi connectivity index (χ1) is 9.60. The average molecular weight is 296 g/mol. The van der Waals surface area contributed by atoms with Crippen molar-refractivity contribution >= 4 is 17.3 Å². The zero-order valence-electron chi connectivity index (χ0n) is 12.6. The van der Waals surface area contributed by atoms with Gasteiger partial charge in [-0.05, 0) is 44.0 Å². The first-order valence-electron chi connectivity index (χ1n) is 7.61. The van der Waals surface area contributed by atoms with E-state index in [1.54, 1.807) is 0 Å². The summed E-state index contributed by atoms with van der Waals surface area (Å²) in [5.74, 6) is 0. The maximum atomic E-state index is 6.18. The Morgan fingerprint density at radius 2 is 1.95 bits per heavy atom. The first-order valence-corrected chi connectivity index (χ1v) is 7.99.